The molecule has 1 atom stereocenters. The number of hydrogen-bond acceptors (Lipinski definition) is 7. The fourth-order valence-electron chi connectivity index (χ4n) is 4.02. The zero-order valence-corrected chi connectivity index (χ0v) is 21.3. The summed E-state index contributed by atoms with van der Waals surface area (Å²) in [6.45, 7) is 7.42. The van der Waals surface area contributed by atoms with Gasteiger partial charge in [-0.1, -0.05) is 0 Å². The number of nitrogens with one attached hydrogen (secondary N) is 2. The average molecular weight is 503 g/mol. The van der Waals surface area contributed by atoms with Gasteiger partial charge in [0.25, 0.3) is 0 Å². The van der Waals surface area contributed by atoms with Crippen LogP contribution < -0.4 is 16.3 Å². The maximum Gasteiger partial charge on any atom is 0.340 e. The summed E-state index contributed by atoms with van der Waals surface area (Å²) in [5.74, 6) is -0.572. The summed E-state index contributed by atoms with van der Waals surface area (Å²) >= 11 is 1.52. The third-order valence-corrected chi connectivity index (χ3v) is 6.83. The molecule has 10 heteroatoms. The molecule has 0 aliphatic rings. The van der Waals surface area contributed by atoms with Crippen LogP contribution in [0, 0.1) is 27.7 Å². The van der Waals surface area contributed by atoms with Crippen LogP contribution in [0.3, 0.4) is 0 Å². The molecule has 0 radical (unpaired) electrons. The molecule has 2 heterocycles. The van der Waals surface area contributed by atoms with Gasteiger partial charge in [-0.2, -0.15) is 11.8 Å². The zero-order valence-electron chi connectivity index (χ0n) is 20.5. The highest BCUT2D eigenvalue weighted by Gasteiger charge is 2.23. The van der Waals surface area contributed by atoms with E-state index in [2.05, 4.69) is 10.6 Å². The number of rotatable bonds is 10. The Morgan fingerprint density at radius 3 is 2.34 bits per heavy atom. The number of carboxylic acid groups (broad SMARTS) is 1. The van der Waals surface area contributed by atoms with Crippen molar-refractivity contribution in [1.29, 1.82) is 0 Å². The van der Waals surface area contributed by atoms with E-state index in [1.807, 2.05) is 33.1 Å². The summed E-state index contributed by atoms with van der Waals surface area (Å²) in [5, 5.41) is 15.6. The standard InChI is InChI=1S/C25H30N2O7S/c1-12-15(4)33-22-14(3)23-17(10-16(12)22)13(2)18(25(32)34-23)11-20(28)27-19(7-9-35-5)24(31)26-8-6-21(29)30/h10,19H,6-9,11H2,1-5H3,(H,26,31)(H,27,28)(H,29,30). The Morgan fingerprint density at radius 1 is 1.03 bits per heavy atom. The fraction of sp³-hybridized carbons (Fsp3) is 0.440. The minimum atomic E-state index is -1.03. The van der Waals surface area contributed by atoms with E-state index in [9.17, 15) is 19.2 Å². The van der Waals surface area contributed by atoms with Crippen LogP contribution in [0.25, 0.3) is 21.9 Å². The molecule has 1 unspecified atom stereocenters. The quantitative estimate of drug-likeness (QED) is 0.359. The van der Waals surface area contributed by atoms with Crippen LogP contribution in [0.4, 0.5) is 0 Å². The minimum Gasteiger partial charge on any atom is -0.481 e. The van der Waals surface area contributed by atoms with E-state index in [-0.39, 0.29) is 24.9 Å². The van der Waals surface area contributed by atoms with Gasteiger partial charge >= 0.3 is 11.6 Å². The molecule has 2 amide bonds. The summed E-state index contributed by atoms with van der Waals surface area (Å²) in [6.07, 6.45) is 1.79. The lowest BCUT2D eigenvalue weighted by Crippen LogP contribution is -2.48. The molecule has 3 rings (SSSR count). The van der Waals surface area contributed by atoms with Gasteiger partial charge in [-0.3, -0.25) is 14.4 Å². The van der Waals surface area contributed by atoms with Crippen molar-refractivity contribution in [2.24, 2.45) is 0 Å². The Bertz CT molecular complexity index is 1360. The fourth-order valence-corrected chi connectivity index (χ4v) is 4.49. The first-order valence-electron chi connectivity index (χ1n) is 11.3. The smallest absolute Gasteiger partial charge is 0.340 e. The summed E-state index contributed by atoms with van der Waals surface area (Å²) < 4.78 is 11.5. The molecule has 188 valence electrons. The largest absolute Gasteiger partial charge is 0.481 e. The van der Waals surface area contributed by atoms with Crippen LogP contribution in [0.2, 0.25) is 0 Å². The van der Waals surface area contributed by atoms with Gasteiger partial charge in [0.05, 0.1) is 18.4 Å². The molecule has 0 saturated carbocycles. The van der Waals surface area contributed by atoms with E-state index in [0.717, 1.165) is 27.7 Å². The van der Waals surface area contributed by atoms with Crippen molar-refractivity contribution in [3.8, 4) is 0 Å². The van der Waals surface area contributed by atoms with Gasteiger partial charge in [0.15, 0.2) is 0 Å². The van der Waals surface area contributed by atoms with Crippen molar-refractivity contribution in [2.75, 3.05) is 18.6 Å². The average Bonchev–Trinajstić information content (AvgIpc) is 3.08. The molecule has 35 heavy (non-hydrogen) atoms. The van der Waals surface area contributed by atoms with E-state index >= 15 is 0 Å². The van der Waals surface area contributed by atoms with Gasteiger partial charge in [0.2, 0.25) is 11.8 Å². The lowest BCUT2D eigenvalue weighted by atomic mass is 9.98. The molecule has 0 bridgehead atoms. The zero-order chi connectivity index (χ0) is 25.9. The summed E-state index contributed by atoms with van der Waals surface area (Å²) in [4.78, 5) is 48.9. The highest BCUT2D eigenvalue weighted by Crippen LogP contribution is 2.34. The van der Waals surface area contributed by atoms with Crippen molar-refractivity contribution in [1.82, 2.24) is 10.6 Å². The van der Waals surface area contributed by atoms with Crippen molar-refractivity contribution in [3.05, 3.63) is 44.5 Å². The monoisotopic (exact) mass is 502 g/mol. The molecule has 0 saturated heterocycles. The van der Waals surface area contributed by atoms with Crippen LogP contribution in [0.5, 0.6) is 0 Å². The summed E-state index contributed by atoms with van der Waals surface area (Å²) in [6, 6.07) is 1.08. The van der Waals surface area contributed by atoms with Gasteiger partial charge in [-0.25, -0.2) is 4.79 Å². The van der Waals surface area contributed by atoms with Crippen molar-refractivity contribution in [2.45, 2.75) is 53.0 Å². The Morgan fingerprint density at radius 2 is 1.69 bits per heavy atom. The van der Waals surface area contributed by atoms with Crippen LogP contribution in [0.1, 0.15) is 40.9 Å². The lowest BCUT2D eigenvalue weighted by Gasteiger charge is -2.18. The number of hydrogen-bond donors (Lipinski definition) is 3. The highest BCUT2D eigenvalue weighted by atomic mass is 32.2. The molecular formula is C25H30N2O7S. The third kappa shape index (κ3) is 5.70. The molecule has 0 spiro atoms. The highest BCUT2D eigenvalue weighted by molar-refractivity contribution is 7.98. The number of benzene rings is 1. The summed E-state index contributed by atoms with van der Waals surface area (Å²) in [7, 11) is 0. The molecule has 2 aromatic heterocycles. The molecule has 0 aliphatic heterocycles. The second-order valence-corrected chi connectivity index (χ2v) is 9.53. The second kappa shape index (κ2) is 11.0. The third-order valence-electron chi connectivity index (χ3n) is 6.18. The maximum atomic E-state index is 12.9. The summed E-state index contributed by atoms with van der Waals surface area (Å²) in [5.41, 5.74) is 3.07. The topological polar surface area (TPSA) is 139 Å². The molecule has 3 N–H and O–H groups in total. The number of aryl methyl sites for hydroxylation is 4. The molecule has 3 aromatic rings. The van der Waals surface area contributed by atoms with E-state index in [1.165, 1.54) is 11.8 Å². The van der Waals surface area contributed by atoms with E-state index in [1.54, 1.807) is 6.92 Å². The Kier molecular flexibility index (Phi) is 8.26. The van der Waals surface area contributed by atoms with Gasteiger partial charge in [-0.05, 0) is 63.3 Å². The van der Waals surface area contributed by atoms with E-state index in [4.69, 9.17) is 13.9 Å². The number of fused-ring (bicyclic) bond motifs is 2. The number of amides is 2. The van der Waals surface area contributed by atoms with Gasteiger partial charge in [-0.15, -0.1) is 0 Å². The first-order chi connectivity index (χ1) is 16.5. The molecule has 9 nitrogen and oxygen atoms in total. The number of carboxylic acids is 1. The Hall–Kier alpha value is -3.27. The molecule has 0 fully saturated rings. The predicted octanol–water partition coefficient (Wildman–Crippen LogP) is 3.14. The molecular weight excluding hydrogens is 472 g/mol. The lowest BCUT2D eigenvalue weighted by molar-refractivity contribution is -0.137. The van der Waals surface area contributed by atoms with E-state index in [0.29, 0.717) is 28.9 Å². The van der Waals surface area contributed by atoms with E-state index < -0.39 is 29.5 Å². The number of carbonyl (C=O) groups excluding carboxylic acids is 2. The second-order valence-electron chi connectivity index (χ2n) is 8.54. The van der Waals surface area contributed by atoms with Crippen LogP contribution in [0.15, 0.2) is 19.7 Å². The van der Waals surface area contributed by atoms with Crippen LogP contribution in [-0.4, -0.2) is 47.5 Å². The molecule has 1 aromatic carbocycles. The van der Waals surface area contributed by atoms with Crippen LogP contribution >= 0.6 is 11.8 Å². The number of furan rings is 1. The SMILES string of the molecule is CSCCC(NC(=O)Cc1c(C)c2cc3c(C)c(C)oc3c(C)c2oc1=O)C(=O)NCCC(=O)O. The predicted molar refractivity (Wildman–Crippen MR) is 135 cm³/mol. The number of thioether (sulfide) groups is 1. The Balaban J connectivity index is 1.88. The maximum absolute atomic E-state index is 12.9. The molecule has 0 aliphatic carbocycles. The van der Waals surface area contributed by atoms with Crippen molar-refractivity contribution in [3.63, 3.8) is 0 Å². The van der Waals surface area contributed by atoms with Crippen molar-refractivity contribution < 1.29 is 28.3 Å². The van der Waals surface area contributed by atoms with Gasteiger partial charge in [0, 0.05) is 22.9 Å². The van der Waals surface area contributed by atoms with Gasteiger partial charge < -0.3 is 24.6 Å². The first-order valence-corrected chi connectivity index (χ1v) is 12.7. The number of carbonyl (C=O) groups is 3. The number of aliphatic carboxylic acids is 1. The normalized spacial score (nSPS) is 12.1. The Labute approximate surface area is 206 Å². The van der Waals surface area contributed by atoms with Crippen molar-refractivity contribution >= 4 is 51.5 Å². The van der Waals surface area contributed by atoms with Gasteiger partial charge in [0.1, 0.15) is 23.0 Å². The minimum absolute atomic E-state index is 0.0338. The first kappa shape index (κ1) is 26.3. The van der Waals surface area contributed by atoms with Crippen LogP contribution in [-0.2, 0) is 20.8 Å².